The number of hydrogen-bond donors (Lipinski definition) is 0. The molecule has 0 N–H and O–H groups in total. The van der Waals surface area contributed by atoms with E-state index in [1.165, 1.54) is 11.8 Å². The van der Waals surface area contributed by atoms with Crippen LogP contribution in [0.15, 0.2) is 29.4 Å². The maximum absolute atomic E-state index is 12.2. The predicted molar refractivity (Wildman–Crippen MR) is 83.1 cm³/mol. The molecule has 0 atom stereocenters. The predicted octanol–water partition coefficient (Wildman–Crippen LogP) is 2.84. The first-order valence-electron chi connectivity index (χ1n) is 6.91. The summed E-state index contributed by atoms with van der Waals surface area (Å²) in [6, 6.07) is 7.15. The van der Waals surface area contributed by atoms with E-state index in [1.54, 1.807) is 31.4 Å². The van der Waals surface area contributed by atoms with Crippen LogP contribution in [0.2, 0.25) is 0 Å². The molecule has 2 aromatic rings. The largest absolute Gasteiger partial charge is 0.497 e. The van der Waals surface area contributed by atoms with Crippen molar-refractivity contribution in [3.8, 4) is 5.75 Å². The van der Waals surface area contributed by atoms with Crippen molar-refractivity contribution in [3.63, 3.8) is 0 Å². The summed E-state index contributed by atoms with van der Waals surface area (Å²) >= 11 is 1.43. The molecule has 21 heavy (non-hydrogen) atoms. The molecule has 1 aromatic carbocycles. The minimum atomic E-state index is 0.0753. The van der Waals surface area contributed by atoms with Crippen LogP contribution in [0, 0.1) is 0 Å². The molecule has 0 radical (unpaired) electrons. The van der Waals surface area contributed by atoms with E-state index in [-0.39, 0.29) is 5.78 Å². The summed E-state index contributed by atoms with van der Waals surface area (Å²) in [7, 11) is 1.61. The van der Waals surface area contributed by atoms with Crippen LogP contribution in [-0.4, -0.2) is 33.4 Å². The standard InChI is InChI=1S/C15H19N3O2S/c1-4-14-16-17-15(18(14)5-2)21-10-13(19)11-6-8-12(20-3)9-7-11/h6-9H,4-5,10H2,1-3H3. The Balaban J connectivity index is 2.01. The Morgan fingerprint density at radius 3 is 2.52 bits per heavy atom. The molecule has 0 saturated carbocycles. The number of nitrogens with zero attached hydrogens (tertiary/aromatic N) is 3. The van der Waals surface area contributed by atoms with Crippen LogP contribution < -0.4 is 4.74 Å². The summed E-state index contributed by atoms with van der Waals surface area (Å²) in [5.41, 5.74) is 0.682. The zero-order valence-corrected chi connectivity index (χ0v) is 13.3. The highest BCUT2D eigenvalue weighted by Crippen LogP contribution is 2.20. The maximum atomic E-state index is 12.2. The molecule has 0 amide bonds. The Labute approximate surface area is 128 Å². The third kappa shape index (κ3) is 3.64. The molecule has 0 aliphatic rings. The molecule has 5 nitrogen and oxygen atoms in total. The van der Waals surface area contributed by atoms with Gasteiger partial charge in [-0.05, 0) is 31.2 Å². The van der Waals surface area contributed by atoms with Gasteiger partial charge >= 0.3 is 0 Å². The van der Waals surface area contributed by atoms with Crippen molar-refractivity contribution in [2.24, 2.45) is 0 Å². The zero-order valence-electron chi connectivity index (χ0n) is 12.5. The second-order valence-electron chi connectivity index (χ2n) is 4.44. The summed E-state index contributed by atoms with van der Waals surface area (Å²) in [5, 5.41) is 9.10. The number of rotatable bonds is 7. The molecule has 6 heteroatoms. The van der Waals surface area contributed by atoms with Crippen molar-refractivity contribution in [1.82, 2.24) is 14.8 Å². The number of aromatic nitrogens is 3. The average Bonchev–Trinajstić information content (AvgIpc) is 2.94. The number of carbonyl (C=O) groups is 1. The van der Waals surface area contributed by atoms with Crippen LogP contribution in [-0.2, 0) is 13.0 Å². The van der Waals surface area contributed by atoms with Crippen LogP contribution in [0.5, 0.6) is 5.75 Å². The normalized spacial score (nSPS) is 10.6. The van der Waals surface area contributed by atoms with Gasteiger partial charge in [0, 0.05) is 18.5 Å². The van der Waals surface area contributed by atoms with Crippen LogP contribution in [0.25, 0.3) is 0 Å². The molecule has 0 bridgehead atoms. The summed E-state index contributed by atoms with van der Waals surface area (Å²) in [6.45, 7) is 4.92. The van der Waals surface area contributed by atoms with Gasteiger partial charge in [0.05, 0.1) is 12.9 Å². The molecule has 0 fully saturated rings. The molecular formula is C15H19N3O2S. The third-order valence-electron chi connectivity index (χ3n) is 3.17. The number of thioether (sulfide) groups is 1. The first-order chi connectivity index (χ1) is 10.2. The minimum Gasteiger partial charge on any atom is -0.497 e. The number of ether oxygens (including phenoxy) is 1. The third-order valence-corrected chi connectivity index (χ3v) is 4.14. The van der Waals surface area contributed by atoms with Crippen molar-refractivity contribution in [3.05, 3.63) is 35.7 Å². The van der Waals surface area contributed by atoms with Crippen molar-refractivity contribution >= 4 is 17.5 Å². The van der Waals surface area contributed by atoms with E-state index in [4.69, 9.17) is 4.74 Å². The Morgan fingerprint density at radius 2 is 1.95 bits per heavy atom. The first kappa shape index (κ1) is 15.6. The Bertz CT molecular complexity index is 608. The summed E-state index contributed by atoms with van der Waals surface area (Å²) in [5.74, 6) is 2.13. The molecule has 1 heterocycles. The second-order valence-corrected chi connectivity index (χ2v) is 5.38. The minimum absolute atomic E-state index is 0.0753. The number of benzene rings is 1. The second kappa shape index (κ2) is 7.26. The maximum Gasteiger partial charge on any atom is 0.191 e. The van der Waals surface area contributed by atoms with Gasteiger partial charge in [-0.2, -0.15) is 0 Å². The van der Waals surface area contributed by atoms with Gasteiger partial charge in [-0.3, -0.25) is 4.79 Å². The van der Waals surface area contributed by atoms with E-state index in [2.05, 4.69) is 17.1 Å². The molecular weight excluding hydrogens is 286 g/mol. The lowest BCUT2D eigenvalue weighted by molar-refractivity contribution is 0.102. The number of ketones is 1. The molecule has 0 unspecified atom stereocenters. The van der Waals surface area contributed by atoms with E-state index in [0.29, 0.717) is 11.3 Å². The van der Waals surface area contributed by atoms with Gasteiger partial charge in [0.25, 0.3) is 0 Å². The number of hydrogen-bond acceptors (Lipinski definition) is 5. The SMILES string of the molecule is CCc1nnc(SCC(=O)c2ccc(OC)cc2)n1CC. The monoisotopic (exact) mass is 305 g/mol. The van der Waals surface area contributed by atoms with Crippen LogP contribution >= 0.6 is 11.8 Å². The smallest absolute Gasteiger partial charge is 0.191 e. The van der Waals surface area contributed by atoms with Crippen molar-refractivity contribution in [2.75, 3.05) is 12.9 Å². The molecule has 0 saturated heterocycles. The number of methoxy groups -OCH3 is 1. The van der Waals surface area contributed by atoms with E-state index in [0.717, 1.165) is 29.7 Å². The van der Waals surface area contributed by atoms with Crippen molar-refractivity contribution < 1.29 is 9.53 Å². The zero-order chi connectivity index (χ0) is 15.2. The van der Waals surface area contributed by atoms with Crippen LogP contribution in [0.4, 0.5) is 0 Å². The first-order valence-corrected chi connectivity index (χ1v) is 7.90. The fourth-order valence-electron chi connectivity index (χ4n) is 2.00. The molecule has 0 aliphatic heterocycles. The Hall–Kier alpha value is -1.82. The van der Waals surface area contributed by atoms with E-state index in [9.17, 15) is 4.79 Å². The summed E-state index contributed by atoms with van der Waals surface area (Å²) in [4.78, 5) is 12.2. The molecule has 1 aromatic heterocycles. The van der Waals surface area contributed by atoms with Crippen molar-refractivity contribution in [2.45, 2.75) is 32.0 Å². The van der Waals surface area contributed by atoms with Gasteiger partial charge in [-0.25, -0.2) is 0 Å². The summed E-state index contributed by atoms with van der Waals surface area (Å²) in [6.07, 6.45) is 0.841. The topological polar surface area (TPSA) is 57.0 Å². The van der Waals surface area contributed by atoms with E-state index >= 15 is 0 Å². The lowest BCUT2D eigenvalue weighted by Crippen LogP contribution is -2.06. The number of Topliss-reactive ketones (excluding diaryl/α,β-unsaturated/α-hetero) is 1. The van der Waals surface area contributed by atoms with Crippen molar-refractivity contribution in [1.29, 1.82) is 0 Å². The highest BCUT2D eigenvalue weighted by Gasteiger charge is 2.13. The van der Waals surface area contributed by atoms with Gasteiger partial charge in [-0.15, -0.1) is 10.2 Å². The van der Waals surface area contributed by atoms with Crippen LogP contribution in [0.3, 0.4) is 0 Å². The van der Waals surface area contributed by atoms with Gasteiger partial charge in [-0.1, -0.05) is 18.7 Å². The lowest BCUT2D eigenvalue weighted by Gasteiger charge is -2.06. The van der Waals surface area contributed by atoms with Gasteiger partial charge < -0.3 is 9.30 Å². The fourth-order valence-corrected chi connectivity index (χ4v) is 2.91. The van der Waals surface area contributed by atoms with E-state index in [1.807, 2.05) is 11.5 Å². The van der Waals surface area contributed by atoms with Gasteiger partial charge in [0.2, 0.25) is 0 Å². The Kier molecular flexibility index (Phi) is 5.38. The molecule has 112 valence electrons. The highest BCUT2D eigenvalue weighted by molar-refractivity contribution is 7.99. The average molecular weight is 305 g/mol. The lowest BCUT2D eigenvalue weighted by atomic mass is 10.1. The number of carbonyl (C=O) groups excluding carboxylic acids is 1. The summed E-state index contributed by atoms with van der Waals surface area (Å²) < 4.78 is 7.13. The van der Waals surface area contributed by atoms with Gasteiger partial charge in [0.15, 0.2) is 10.9 Å². The quantitative estimate of drug-likeness (QED) is 0.581. The molecule has 2 rings (SSSR count). The van der Waals surface area contributed by atoms with E-state index < -0.39 is 0 Å². The van der Waals surface area contributed by atoms with Crippen LogP contribution in [0.1, 0.15) is 30.0 Å². The Morgan fingerprint density at radius 1 is 1.24 bits per heavy atom. The highest BCUT2D eigenvalue weighted by atomic mass is 32.2. The fraction of sp³-hybridized carbons (Fsp3) is 0.400. The number of aryl methyl sites for hydroxylation is 1. The molecule has 0 spiro atoms. The molecule has 0 aliphatic carbocycles. The van der Waals surface area contributed by atoms with Gasteiger partial charge in [0.1, 0.15) is 11.6 Å².